The minimum atomic E-state index is -0.375. The molecule has 7 nitrogen and oxygen atoms in total. The van der Waals surface area contributed by atoms with Crippen LogP contribution < -0.4 is 4.90 Å². The van der Waals surface area contributed by atoms with E-state index >= 15 is 0 Å². The molecule has 2 aliphatic rings. The number of hydrogen-bond donors (Lipinski definition) is 0. The van der Waals surface area contributed by atoms with Gasteiger partial charge in [0.25, 0.3) is 0 Å². The van der Waals surface area contributed by atoms with Crippen LogP contribution in [0.4, 0.5) is 5.95 Å². The van der Waals surface area contributed by atoms with Crippen molar-refractivity contribution in [2.24, 2.45) is 5.41 Å². The number of pyridine rings is 1. The summed E-state index contributed by atoms with van der Waals surface area (Å²) in [6, 6.07) is 10.5. The Balaban J connectivity index is 1.20. The van der Waals surface area contributed by atoms with Gasteiger partial charge in [-0.2, -0.15) is 0 Å². The van der Waals surface area contributed by atoms with Crippen LogP contribution in [0, 0.1) is 5.41 Å². The first-order valence-electron chi connectivity index (χ1n) is 10.4. The third kappa shape index (κ3) is 3.50. The average Bonchev–Trinajstić information content (AvgIpc) is 3.20. The van der Waals surface area contributed by atoms with Gasteiger partial charge in [-0.25, -0.2) is 14.8 Å². The zero-order chi connectivity index (χ0) is 20.6. The lowest BCUT2D eigenvalue weighted by molar-refractivity contribution is 0.0119. The van der Waals surface area contributed by atoms with Crippen LogP contribution in [0.15, 0.2) is 48.9 Å². The smallest absolute Gasteiger partial charge is 0.341 e. The second kappa shape index (κ2) is 7.65. The molecular weight excluding hydrogens is 378 g/mol. The molecule has 0 atom stereocenters. The Bertz CT molecular complexity index is 1060. The highest BCUT2D eigenvalue weighted by molar-refractivity contribution is 5.88. The van der Waals surface area contributed by atoms with Gasteiger partial charge in [0.05, 0.1) is 17.7 Å². The molecule has 5 rings (SSSR count). The van der Waals surface area contributed by atoms with Gasteiger partial charge in [-0.15, -0.1) is 0 Å². The topological polar surface area (TPSA) is 71.5 Å². The van der Waals surface area contributed by atoms with Crippen LogP contribution in [-0.2, 0) is 11.3 Å². The van der Waals surface area contributed by atoms with Gasteiger partial charge in [-0.3, -0.25) is 9.88 Å². The molecule has 1 spiro atoms. The van der Waals surface area contributed by atoms with Crippen LogP contribution in [0.1, 0.15) is 29.3 Å². The summed E-state index contributed by atoms with van der Waals surface area (Å²) in [4.78, 5) is 29.9. The van der Waals surface area contributed by atoms with Crippen molar-refractivity contribution in [2.45, 2.75) is 19.9 Å². The number of carbonyl (C=O) groups excluding carboxylic acids is 1. The van der Waals surface area contributed by atoms with Crippen molar-refractivity contribution in [1.82, 2.24) is 19.9 Å². The van der Waals surface area contributed by atoms with Crippen LogP contribution in [0.2, 0.25) is 0 Å². The van der Waals surface area contributed by atoms with Crippen LogP contribution in [0.25, 0.3) is 10.9 Å². The highest BCUT2D eigenvalue weighted by Gasteiger charge is 2.48. The normalized spacial score (nSPS) is 18.0. The van der Waals surface area contributed by atoms with Crippen molar-refractivity contribution >= 4 is 22.8 Å². The van der Waals surface area contributed by atoms with Crippen LogP contribution in [0.3, 0.4) is 0 Å². The Morgan fingerprint density at radius 2 is 1.90 bits per heavy atom. The second-order valence-electron chi connectivity index (χ2n) is 8.30. The summed E-state index contributed by atoms with van der Waals surface area (Å²) in [7, 11) is 0. The molecule has 0 unspecified atom stereocenters. The monoisotopic (exact) mass is 403 g/mol. The van der Waals surface area contributed by atoms with E-state index in [1.165, 1.54) is 10.9 Å². The van der Waals surface area contributed by atoms with E-state index in [1.807, 2.05) is 12.3 Å². The minimum Gasteiger partial charge on any atom is -0.462 e. The maximum absolute atomic E-state index is 11.8. The van der Waals surface area contributed by atoms with Gasteiger partial charge in [-0.1, -0.05) is 24.3 Å². The molecule has 154 valence electrons. The highest BCUT2D eigenvalue weighted by atomic mass is 16.5. The Labute approximate surface area is 175 Å². The van der Waals surface area contributed by atoms with Crippen LogP contribution >= 0.6 is 0 Å². The lowest BCUT2D eigenvalue weighted by Crippen LogP contribution is -2.56. The maximum atomic E-state index is 11.8. The number of anilines is 1. The van der Waals surface area contributed by atoms with E-state index < -0.39 is 0 Å². The molecule has 30 heavy (non-hydrogen) atoms. The summed E-state index contributed by atoms with van der Waals surface area (Å²) in [6.07, 6.45) is 6.13. The van der Waals surface area contributed by atoms with E-state index in [0.29, 0.717) is 23.5 Å². The van der Waals surface area contributed by atoms with E-state index in [2.05, 4.69) is 49.0 Å². The van der Waals surface area contributed by atoms with Gasteiger partial charge < -0.3 is 9.64 Å². The second-order valence-corrected chi connectivity index (χ2v) is 8.30. The first-order chi connectivity index (χ1) is 14.7. The van der Waals surface area contributed by atoms with Crippen LogP contribution in [-0.4, -0.2) is 58.6 Å². The quantitative estimate of drug-likeness (QED) is 0.607. The van der Waals surface area contributed by atoms with Crippen molar-refractivity contribution in [3.63, 3.8) is 0 Å². The summed E-state index contributed by atoms with van der Waals surface area (Å²) < 4.78 is 5.00. The fraction of sp³-hybridized carbons (Fsp3) is 0.391. The number of benzene rings is 1. The lowest BCUT2D eigenvalue weighted by atomic mass is 9.79. The van der Waals surface area contributed by atoms with Crippen molar-refractivity contribution < 1.29 is 9.53 Å². The molecular formula is C23H25N5O2. The van der Waals surface area contributed by atoms with Gasteiger partial charge in [0.2, 0.25) is 5.95 Å². The molecule has 2 aromatic heterocycles. The Morgan fingerprint density at radius 3 is 2.70 bits per heavy atom. The maximum Gasteiger partial charge on any atom is 0.341 e. The zero-order valence-corrected chi connectivity index (χ0v) is 17.1. The highest BCUT2D eigenvalue weighted by Crippen LogP contribution is 2.41. The Morgan fingerprint density at radius 1 is 1.10 bits per heavy atom. The zero-order valence-electron chi connectivity index (χ0n) is 17.1. The number of ether oxygens (including phenoxy) is 1. The van der Waals surface area contributed by atoms with Crippen molar-refractivity contribution in [3.8, 4) is 0 Å². The number of fused-ring (bicyclic) bond motifs is 1. The van der Waals surface area contributed by atoms with E-state index in [1.54, 1.807) is 19.3 Å². The van der Waals surface area contributed by atoms with E-state index in [0.717, 1.165) is 44.7 Å². The molecule has 2 aliphatic heterocycles. The molecule has 2 fully saturated rings. The molecule has 0 saturated carbocycles. The van der Waals surface area contributed by atoms with Crippen LogP contribution in [0.5, 0.6) is 0 Å². The van der Waals surface area contributed by atoms with E-state index in [4.69, 9.17) is 4.74 Å². The molecule has 0 amide bonds. The fourth-order valence-electron chi connectivity index (χ4n) is 4.72. The van der Waals surface area contributed by atoms with Crippen molar-refractivity contribution in [1.29, 1.82) is 0 Å². The molecule has 4 heterocycles. The van der Waals surface area contributed by atoms with E-state index in [9.17, 15) is 4.79 Å². The molecule has 1 aromatic carbocycles. The molecule has 2 saturated heterocycles. The summed E-state index contributed by atoms with van der Waals surface area (Å²) in [5, 5.41) is 1.20. The summed E-state index contributed by atoms with van der Waals surface area (Å²) in [5.74, 6) is 0.316. The number of nitrogens with zero attached hydrogens (tertiary/aromatic N) is 5. The number of hydrogen-bond acceptors (Lipinski definition) is 7. The number of rotatable bonds is 5. The number of esters is 1. The summed E-state index contributed by atoms with van der Waals surface area (Å²) in [5.41, 5.74) is 3.09. The first-order valence-corrected chi connectivity index (χ1v) is 10.4. The predicted octanol–water partition coefficient (Wildman–Crippen LogP) is 2.91. The average molecular weight is 403 g/mol. The molecule has 7 heteroatoms. The van der Waals surface area contributed by atoms with Gasteiger partial charge in [-0.05, 0) is 25.0 Å². The summed E-state index contributed by atoms with van der Waals surface area (Å²) in [6.45, 7) is 7.12. The predicted molar refractivity (Wildman–Crippen MR) is 114 cm³/mol. The SMILES string of the molecule is CCOC(=O)c1cnc(N2CCC3(CN(Cc4cccc5cccnc45)C3)C2)nc1. The standard InChI is InChI=1S/C23H25N5O2/c1-2-30-21(29)19-11-25-22(26-12-19)28-10-8-23(16-28)14-27(15-23)13-18-6-3-5-17-7-4-9-24-20(17)18/h3-7,9,11-12H,2,8,10,13-16H2,1H3. The molecule has 0 radical (unpaired) electrons. The third-order valence-corrected chi connectivity index (χ3v) is 6.10. The van der Waals surface area contributed by atoms with Gasteiger partial charge in [0, 0.05) is 62.1 Å². The summed E-state index contributed by atoms with van der Waals surface area (Å²) >= 11 is 0. The van der Waals surface area contributed by atoms with Crippen molar-refractivity contribution in [2.75, 3.05) is 37.7 Å². The first kappa shape index (κ1) is 18.9. The third-order valence-electron chi connectivity index (χ3n) is 6.10. The van der Waals surface area contributed by atoms with Gasteiger partial charge in [0.15, 0.2) is 0 Å². The fourth-order valence-corrected chi connectivity index (χ4v) is 4.72. The Kier molecular flexibility index (Phi) is 4.83. The molecule has 0 aliphatic carbocycles. The minimum absolute atomic E-state index is 0.307. The number of para-hydroxylation sites is 1. The lowest BCUT2D eigenvalue weighted by Gasteiger charge is -2.48. The largest absolute Gasteiger partial charge is 0.462 e. The van der Waals surface area contributed by atoms with E-state index in [-0.39, 0.29) is 5.97 Å². The van der Waals surface area contributed by atoms with Crippen molar-refractivity contribution in [3.05, 3.63) is 60.0 Å². The molecule has 3 aromatic rings. The Hall–Kier alpha value is -3.06. The number of likely N-dealkylation sites (tertiary alicyclic amines) is 1. The number of carbonyl (C=O) groups is 1. The van der Waals surface area contributed by atoms with Gasteiger partial charge in [0.1, 0.15) is 0 Å². The molecule has 0 N–H and O–H groups in total. The van der Waals surface area contributed by atoms with Gasteiger partial charge >= 0.3 is 5.97 Å². The number of aromatic nitrogens is 3. The molecule has 0 bridgehead atoms.